The lowest BCUT2D eigenvalue weighted by atomic mass is 10.0. The van der Waals surface area contributed by atoms with Gasteiger partial charge in [0.25, 0.3) is 0 Å². The molecule has 2 aliphatic heterocycles. The largest absolute Gasteiger partial charge is 0.497 e. The highest BCUT2D eigenvalue weighted by Crippen LogP contribution is 2.40. The zero-order valence-corrected chi connectivity index (χ0v) is 16.7. The van der Waals surface area contributed by atoms with E-state index >= 15 is 0 Å². The highest BCUT2D eigenvalue weighted by atomic mass is 19.1. The summed E-state index contributed by atoms with van der Waals surface area (Å²) >= 11 is 0. The van der Waals surface area contributed by atoms with Gasteiger partial charge in [-0.1, -0.05) is 13.2 Å². The lowest BCUT2D eigenvalue weighted by molar-refractivity contribution is -0.121. The third kappa shape index (κ3) is 3.63. The third-order valence-corrected chi connectivity index (χ3v) is 5.65. The number of methoxy groups -OCH3 is 1. The van der Waals surface area contributed by atoms with Crippen molar-refractivity contribution in [1.29, 1.82) is 0 Å². The number of ether oxygens (including phenoxy) is 1. The lowest BCUT2D eigenvalue weighted by Crippen LogP contribution is -2.43. The summed E-state index contributed by atoms with van der Waals surface area (Å²) in [5, 5.41) is 5.94. The first kappa shape index (κ1) is 19.9. The molecule has 156 valence electrons. The van der Waals surface area contributed by atoms with Gasteiger partial charge in [0.2, 0.25) is 5.91 Å². The van der Waals surface area contributed by atoms with Gasteiger partial charge in [0.15, 0.2) is 0 Å². The molecule has 4 rings (SSSR count). The molecular weight excluding hydrogens is 388 g/mol. The SMILES string of the molecule is C=C1NC(=O)CCC1N1Cc2c(NCc3cc(OC)ccc3F)cc(F)cc2C1=C. The smallest absolute Gasteiger partial charge is 0.224 e. The van der Waals surface area contributed by atoms with Gasteiger partial charge in [0, 0.05) is 53.3 Å². The maximum atomic E-state index is 14.3. The Kier molecular flexibility index (Phi) is 5.20. The molecule has 2 N–H and O–H groups in total. The molecule has 0 aliphatic carbocycles. The van der Waals surface area contributed by atoms with Crippen LogP contribution in [0, 0.1) is 11.6 Å². The first-order valence-corrected chi connectivity index (χ1v) is 9.70. The Labute approximate surface area is 174 Å². The van der Waals surface area contributed by atoms with E-state index in [2.05, 4.69) is 23.8 Å². The monoisotopic (exact) mass is 411 g/mol. The number of fused-ring (bicyclic) bond motifs is 1. The molecule has 1 atom stereocenters. The molecule has 1 fully saturated rings. The van der Waals surface area contributed by atoms with Crippen LogP contribution in [0.3, 0.4) is 0 Å². The number of hydrogen-bond donors (Lipinski definition) is 2. The van der Waals surface area contributed by atoms with Gasteiger partial charge in [0.05, 0.1) is 13.2 Å². The minimum Gasteiger partial charge on any atom is -0.497 e. The second-order valence-electron chi connectivity index (χ2n) is 7.49. The predicted molar refractivity (Wildman–Crippen MR) is 112 cm³/mol. The second-order valence-corrected chi connectivity index (χ2v) is 7.49. The van der Waals surface area contributed by atoms with Crippen molar-refractivity contribution < 1.29 is 18.3 Å². The van der Waals surface area contributed by atoms with Crippen molar-refractivity contribution in [2.24, 2.45) is 0 Å². The number of nitrogens with zero attached hydrogens (tertiary/aromatic N) is 1. The van der Waals surface area contributed by atoms with E-state index in [-0.39, 0.29) is 24.3 Å². The van der Waals surface area contributed by atoms with Crippen molar-refractivity contribution in [2.75, 3.05) is 12.4 Å². The van der Waals surface area contributed by atoms with Gasteiger partial charge in [-0.25, -0.2) is 8.78 Å². The number of anilines is 1. The molecule has 0 spiro atoms. The van der Waals surface area contributed by atoms with Gasteiger partial charge in [-0.3, -0.25) is 4.79 Å². The molecule has 1 amide bonds. The lowest BCUT2D eigenvalue weighted by Gasteiger charge is -2.35. The van der Waals surface area contributed by atoms with E-state index in [1.54, 1.807) is 12.1 Å². The van der Waals surface area contributed by atoms with E-state index in [9.17, 15) is 13.6 Å². The van der Waals surface area contributed by atoms with Crippen molar-refractivity contribution in [3.63, 3.8) is 0 Å². The Morgan fingerprint density at radius 2 is 2.07 bits per heavy atom. The predicted octanol–water partition coefficient (Wildman–Crippen LogP) is 4.16. The number of rotatable bonds is 5. The van der Waals surface area contributed by atoms with Crippen LogP contribution in [-0.2, 0) is 17.9 Å². The van der Waals surface area contributed by atoms with Crippen molar-refractivity contribution in [2.45, 2.75) is 32.0 Å². The van der Waals surface area contributed by atoms with Crippen LogP contribution in [-0.4, -0.2) is 24.0 Å². The fourth-order valence-electron chi connectivity index (χ4n) is 4.06. The molecular formula is C23H23F2N3O2. The van der Waals surface area contributed by atoms with Crippen molar-refractivity contribution in [1.82, 2.24) is 10.2 Å². The molecule has 2 aromatic rings. The summed E-state index contributed by atoms with van der Waals surface area (Å²) in [5.74, 6) is -0.264. The number of carbonyl (C=O) groups is 1. The van der Waals surface area contributed by atoms with Crippen LogP contribution >= 0.6 is 0 Å². The van der Waals surface area contributed by atoms with Gasteiger partial charge in [0.1, 0.15) is 17.4 Å². The summed E-state index contributed by atoms with van der Waals surface area (Å²) in [6.45, 7) is 8.79. The van der Waals surface area contributed by atoms with E-state index in [4.69, 9.17) is 4.74 Å². The highest BCUT2D eigenvalue weighted by Gasteiger charge is 2.34. The first-order valence-electron chi connectivity index (χ1n) is 9.70. The molecule has 1 unspecified atom stereocenters. The number of halogens is 2. The van der Waals surface area contributed by atoms with E-state index in [1.165, 1.54) is 25.3 Å². The Morgan fingerprint density at radius 1 is 1.27 bits per heavy atom. The van der Waals surface area contributed by atoms with Gasteiger partial charge >= 0.3 is 0 Å². The number of nitrogens with one attached hydrogen (secondary N) is 2. The van der Waals surface area contributed by atoms with Crippen LogP contribution in [0.1, 0.15) is 29.5 Å². The minimum atomic E-state index is -0.402. The fourth-order valence-corrected chi connectivity index (χ4v) is 4.06. The Balaban J connectivity index is 1.59. The van der Waals surface area contributed by atoms with E-state index in [1.807, 2.05) is 4.90 Å². The van der Waals surface area contributed by atoms with Crippen LogP contribution in [0.25, 0.3) is 5.70 Å². The van der Waals surface area contributed by atoms with E-state index in [0.717, 1.165) is 5.56 Å². The van der Waals surface area contributed by atoms with Gasteiger partial charge in [-0.2, -0.15) is 0 Å². The first-order chi connectivity index (χ1) is 14.4. The second kappa shape index (κ2) is 7.82. The van der Waals surface area contributed by atoms with Gasteiger partial charge < -0.3 is 20.3 Å². The summed E-state index contributed by atoms with van der Waals surface area (Å²) in [4.78, 5) is 13.6. The summed E-state index contributed by atoms with van der Waals surface area (Å²) in [6.07, 6.45) is 1.02. The molecule has 2 heterocycles. The molecule has 0 bridgehead atoms. The maximum absolute atomic E-state index is 14.3. The van der Waals surface area contributed by atoms with Crippen molar-refractivity contribution in [3.8, 4) is 5.75 Å². The molecule has 7 heteroatoms. The molecule has 0 saturated carbocycles. The topological polar surface area (TPSA) is 53.6 Å². The van der Waals surface area contributed by atoms with Crippen molar-refractivity contribution >= 4 is 17.3 Å². The maximum Gasteiger partial charge on any atom is 0.224 e. The molecule has 1 saturated heterocycles. The Morgan fingerprint density at radius 3 is 2.80 bits per heavy atom. The average molecular weight is 411 g/mol. The van der Waals surface area contributed by atoms with Crippen LogP contribution in [0.5, 0.6) is 5.75 Å². The number of carbonyl (C=O) groups excluding carboxylic acids is 1. The van der Waals surface area contributed by atoms with Crippen LogP contribution < -0.4 is 15.4 Å². The third-order valence-electron chi connectivity index (χ3n) is 5.65. The molecule has 30 heavy (non-hydrogen) atoms. The summed E-state index contributed by atoms with van der Waals surface area (Å²) < 4.78 is 33.7. The number of piperidine rings is 1. The molecule has 2 aromatic carbocycles. The van der Waals surface area contributed by atoms with E-state index < -0.39 is 5.82 Å². The fraction of sp³-hybridized carbons (Fsp3) is 0.261. The molecule has 2 aliphatic rings. The Bertz CT molecular complexity index is 1050. The zero-order chi connectivity index (χ0) is 21.4. The Hall–Kier alpha value is -3.35. The van der Waals surface area contributed by atoms with Gasteiger partial charge in [-0.05, 0) is 36.8 Å². The average Bonchev–Trinajstić information content (AvgIpc) is 3.03. The van der Waals surface area contributed by atoms with E-state index in [0.29, 0.717) is 53.3 Å². The standard InChI is InChI=1S/C23H23F2N3O2/c1-13-22(6-7-23(29)27-13)28-12-19-18(14(28)2)9-16(24)10-21(19)26-11-15-8-17(30-3)4-5-20(15)25/h4-5,8-10,22,26H,1-2,6-7,11-12H2,3H3,(H,27,29). The number of benzene rings is 2. The molecule has 5 nitrogen and oxygen atoms in total. The van der Waals surface area contributed by atoms with Crippen LogP contribution in [0.15, 0.2) is 49.2 Å². The zero-order valence-electron chi connectivity index (χ0n) is 16.7. The summed E-state index contributed by atoms with van der Waals surface area (Å²) in [6, 6.07) is 7.27. The van der Waals surface area contributed by atoms with Crippen LogP contribution in [0.4, 0.5) is 14.5 Å². The highest BCUT2D eigenvalue weighted by molar-refractivity contribution is 5.80. The molecule has 0 aromatic heterocycles. The normalized spacial score (nSPS) is 18.3. The van der Waals surface area contributed by atoms with Gasteiger partial charge in [-0.15, -0.1) is 0 Å². The number of amides is 1. The summed E-state index contributed by atoms with van der Waals surface area (Å²) in [7, 11) is 1.52. The summed E-state index contributed by atoms with van der Waals surface area (Å²) in [5.41, 5.74) is 3.89. The quantitative estimate of drug-likeness (QED) is 0.776. The number of hydrogen-bond acceptors (Lipinski definition) is 4. The molecule has 0 radical (unpaired) electrons. The van der Waals surface area contributed by atoms with Crippen molar-refractivity contribution in [3.05, 3.63) is 77.5 Å². The minimum absolute atomic E-state index is 0.0488. The van der Waals surface area contributed by atoms with Crippen LogP contribution in [0.2, 0.25) is 0 Å².